The molecule has 3 nitrogen and oxygen atoms in total. The molecule has 20 heavy (non-hydrogen) atoms. The van der Waals surface area contributed by atoms with Crippen LogP contribution in [-0.2, 0) is 0 Å². The smallest absolute Gasteiger partial charge is 0.254 e. The quantitative estimate of drug-likeness (QED) is 0.918. The monoisotopic (exact) mass is 278 g/mol. The fourth-order valence-corrected chi connectivity index (χ4v) is 2.81. The zero-order valence-electron chi connectivity index (χ0n) is 12.3. The van der Waals surface area contributed by atoms with Gasteiger partial charge in [-0.2, -0.15) is 0 Å². The van der Waals surface area contributed by atoms with Gasteiger partial charge in [0.15, 0.2) is 0 Å². The van der Waals surface area contributed by atoms with Gasteiger partial charge in [0.1, 0.15) is 5.82 Å². The highest BCUT2D eigenvalue weighted by atomic mass is 19.1. The summed E-state index contributed by atoms with van der Waals surface area (Å²) in [6.45, 7) is 6.50. The normalized spacial score (nSPS) is 18.9. The summed E-state index contributed by atoms with van der Waals surface area (Å²) < 4.78 is 13.2. The second kappa shape index (κ2) is 6.84. The first-order chi connectivity index (χ1) is 9.63. The van der Waals surface area contributed by atoms with Gasteiger partial charge in [-0.1, -0.05) is 6.92 Å². The lowest BCUT2D eigenvalue weighted by Gasteiger charge is -2.35. The maximum absolute atomic E-state index is 13.2. The Hall–Kier alpha value is -1.42. The molecule has 1 aromatic rings. The van der Waals surface area contributed by atoms with E-state index >= 15 is 0 Å². The summed E-state index contributed by atoms with van der Waals surface area (Å²) in [5, 5.41) is 3.35. The molecule has 4 heteroatoms. The number of rotatable bonds is 4. The fourth-order valence-electron chi connectivity index (χ4n) is 2.81. The van der Waals surface area contributed by atoms with E-state index in [4.69, 9.17) is 0 Å². The average molecular weight is 278 g/mol. The van der Waals surface area contributed by atoms with E-state index in [0.717, 1.165) is 38.9 Å². The van der Waals surface area contributed by atoms with Crippen LogP contribution >= 0.6 is 0 Å². The molecule has 2 rings (SSSR count). The van der Waals surface area contributed by atoms with E-state index in [0.29, 0.717) is 11.1 Å². The number of benzene rings is 1. The van der Waals surface area contributed by atoms with Crippen molar-refractivity contribution in [3.8, 4) is 0 Å². The van der Waals surface area contributed by atoms with Gasteiger partial charge < -0.3 is 10.2 Å². The molecule has 1 N–H and O–H groups in total. The van der Waals surface area contributed by atoms with Gasteiger partial charge in [-0.05, 0) is 56.5 Å². The van der Waals surface area contributed by atoms with Gasteiger partial charge in [0.2, 0.25) is 0 Å². The summed E-state index contributed by atoms with van der Waals surface area (Å²) in [4.78, 5) is 14.7. The van der Waals surface area contributed by atoms with Crippen molar-refractivity contribution in [3.63, 3.8) is 0 Å². The summed E-state index contributed by atoms with van der Waals surface area (Å²) in [6, 6.07) is 4.65. The van der Waals surface area contributed by atoms with Crippen molar-refractivity contribution >= 4 is 5.91 Å². The highest BCUT2D eigenvalue weighted by Crippen LogP contribution is 2.18. The maximum atomic E-state index is 13.2. The highest BCUT2D eigenvalue weighted by molar-refractivity contribution is 5.95. The number of nitrogens with one attached hydrogen (secondary N) is 1. The lowest BCUT2D eigenvalue weighted by atomic mass is 10.0. The lowest BCUT2D eigenvalue weighted by Crippen LogP contribution is -2.49. The number of aryl methyl sites for hydroxylation is 1. The third kappa shape index (κ3) is 3.37. The topological polar surface area (TPSA) is 32.3 Å². The zero-order chi connectivity index (χ0) is 14.5. The van der Waals surface area contributed by atoms with Crippen LogP contribution in [-0.4, -0.2) is 36.5 Å². The van der Waals surface area contributed by atoms with Gasteiger partial charge in [0, 0.05) is 24.7 Å². The van der Waals surface area contributed by atoms with Gasteiger partial charge in [-0.3, -0.25) is 4.79 Å². The summed E-state index contributed by atoms with van der Waals surface area (Å²) in [5.74, 6) is -0.265. The van der Waals surface area contributed by atoms with Crippen LogP contribution in [0.5, 0.6) is 0 Å². The van der Waals surface area contributed by atoms with Gasteiger partial charge in [0.05, 0.1) is 0 Å². The van der Waals surface area contributed by atoms with E-state index in [2.05, 4.69) is 12.2 Å². The van der Waals surface area contributed by atoms with Crippen molar-refractivity contribution in [2.45, 2.75) is 39.2 Å². The number of carbonyl (C=O) groups is 1. The summed E-state index contributed by atoms with van der Waals surface area (Å²) in [5.41, 5.74) is 1.32. The second-order valence-electron chi connectivity index (χ2n) is 5.46. The van der Waals surface area contributed by atoms with Gasteiger partial charge in [-0.25, -0.2) is 4.39 Å². The number of piperidine rings is 1. The molecule has 1 heterocycles. The number of hydrogen-bond acceptors (Lipinski definition) is 2. The van der Waals surface area contributed by atoms with Gasteiger partial charge in [0.25, 0.3) is 5.91 Å². The predicted octanol–water partition coefficient (Wildman–Crippen LogP) is 2.74. The SMILES string of the molecule is CCCN(C(=O)c1ccc(F)cc1C)C1CCCNC1. The van der Waals surface area contributed by atoms with Crippen molar-refractivity contribution in [1.82, 2.24) is 10.2 Å². The third-order valence-electron chi connectivity index (χ3n) is 3.86. The molecule has 0 bridgehead atoms. The van der Waals surface area contributed by atoms with E-state index in [9.17, 15) is 9.18 Å². The van der Waals surface area contributed by atoms with E-state index in [1.54, 1.807) is 13.0 Å². The molecule has 0 spiro atoms. The minimum Gasteiger partial charge on any atom is -0.334 e. The molecule has 1 aromatic carbocycles. The molecule has 1 atom stereocenters. The number of hydrogen-bond donors (Lipinski definition) is 1. The Morgan fingerprint density at radius 2 is 2.30 bits per heavy atom. The summed E-state index contributed by atoms with van der Waals surface area (Å²) >= 11 is 0. The number of carbonyl (C=O) groups excluding carboxylic acids is 1. The molecule has 0 saturated carbocycles. The van der Waals surface area contributed by atoms with Crippen LogP contribution in [0, 0.1) is 12.7 Å². The zero-order valence-corrected chi connectivity index (χ0v) is 12.3. The standard InChI is InChI=1S/C16H23FN2O/c1-3-9-19(14-5-4-8-18-11-14)16(20)15-7-6-13(17)10-12(15)2/h6-7,10,14,18H,3-5,8-9,11H2,1-2H3. The molecule has 1 amide bonds. The Morgan fingerprint density at radius 1 is 1.50 bits per heavy atom. The van der Waals surface area contributed by atoms with Crippen molar-refractivity contribution < 1.29 is 9.18 Å². The Bertz CT molecular complexity index is 470. The molecule has 0 aliphatic carbocycles. The lowest BCUT2D eigenvalue weighted by molar-refractivity contribution is 0.0648. The van der Waals surface area contributed by atoms with Gasteiger partial charge in [-0.15, -0.1) is 0 Å². The number of nitrogens with zero attached hydrogens (tertiary/aromatic N) is 1. The molecule has 1 fully saturated rings. The Morgan fingerprint density at radius 3 is 2.90 bits per heavy atom. The largest absolute Gasteiger partial charge is 0.334 e. The first-order valence-corrected chi connectivity index (χ1v) is 7.41. The first-order valence-electron chi connectivity index (χ1n) is 7.41. The highest BCUT2D eigenvalue weighted by Gasteiger charge is 2.26. The van der Waals surface area contributed by atoms with Crippen LogP contribution in [0.2, 0.25) is 0 Å². The Labute approximate surface area is 120 Å². The van der Waals surface area contributed by atoms with Crippen LogP contribution in [0.25, 0.3) is 0 Å². The maximum Gasteiger partial charge on any atom is 0.254 e. The van der Waals surface area contributed by atoms with E-state index in [1.807, 2.05) is 4.90 Å². The molecular formula is C16H23FN2O. The minimum atomic E-state index is -0.291. The Balaban J connectivity index is 2.21. The van der Waals surface area contributed by atoms with E-state index in [1.165, 1.54) is 12.1 Å². The van der Waals surface area contributed by atoms with Crippen LogP contribution in [0.4, 0.5) is 4.39 Å². The van der Waals surface area contributed by atoms with Crippen LogP contribution in [0.3, 0.4) is 0 Å². The number of amides is 1. The molecular weight excluding hydrogens is 255 g/mol. The summed E-state index contributed by atoms with van der Waals surface area (Å²) in [7, 11) is 0. The fraction of sp³-hybridized carbons (Fsp3) is 0.562. The van der Waals surface area contributed by atoms with Crippen molar-refractivity contribution in [1.29, 1.82) is 0 Å². The minimum absolute atomic E-state index is 0.0260. The van der Waals surface area contributed by atoms with Crippen molar-refractivity contribution in [2.75, 3.05) is 19.6 Å². The molecule has 1 aliphatic rings. The average Bonchev–Trinajstić information content (AvgIpc) is 2.45. The second-order valence-corrected chi connectivity index (χ2v) is 5.46. The summed E-state index contributed by atoms with van der Waals surface area (Å²) in [6.07, 6.45) is 3.07. The molecule has 110 valence electrons. The van der Waals surface area contributed by atoms with Crippen molar-refractivity contribution in [3.05, 3.63) is 35.1 Å². The van der Waals surface area contributed by atoms with Crippen LogP contribution in [0.1, 0.15) is 42.1 Å². The number of halogens is 1. The molecule has 1 unspecified atom stereocenters. The van der Waals surface area contributed by atoms with Crippen molar-refractivity contribution in [2.24, 2.45) is 0 Å². The van der Waals surface area contributed by atoms with E-state index in [-0.39, 0.29) is 17.8 Å². The molecule has 0 aromatic heterocycles. The first kappa shape index (κ1) is 15.0. The van der Waals surface area contributed by atoms with Crippen LogP contribution < -0.4 is 5.32 Å². The van der Waals surface area contributed by atoms with Crippen LogP contribution in [0.15, 0.2) is 18.2 Å². The molecule has 1 aliphatic heterocycles. The van der Waals surface area contributed by atoms with Gasteiger partial charge >= 0.3 is 0 Å². The predicted molar refractivity (Wildman–Crippen MR) is 78.4 cm³/mol. The third-order valence-corrected chi connectivity index (χ3v) is 3.86. The molecule has 1 saturated heterocycles. The molecule has 0 radical (unpaired) electrons. The Kier molecular flexibility index (Phi) is 5.12. The van der Waals surface area contributed by atoms with E-state index < -0.39 is 0 Å².